The lowest BCUT2D eigenvalue weighted by Crippen LogP contribution is -2.20. The number of hydrogen-bond donors (Lipinski definition) is 1. The molecule has 16 heavy (non-hydrogen) atoms. The van der Waals surface area contributed by atoms with Gasteiger partial charge in [-0.3, -0.25) is 4.79 Å². The highest BCUT2D eigenvalue weighted by Gasteiger charge is 2.46. The van der Waals surface area contributed by atoms with Crippen molar-refractivity contribution in [3.63, 3.8) is 0 Å². The quantitative estimate of drug-likeness (QED) is 0.864. The summed E-state index contributed by atoms with van der Waals surface area (Å²) in [5.74, 6) is -2.02. The van der Waals surface area contributed by atoms with Gasteiger partial charge in [0.2, 0.25) is 5.78 Å². The summed E-state index contributed by atoms with van der Waals surface area (Å²) in [6.45, 7) is 0. The fourth-order valence-corrected chi connectivity index (χ4v) is 2.17. The molecule has 0 bridgehead atoms. The zero-order valence-corrected chi connectivity index (χ0v) is 10.2. The van der Waals surface area contributed by atoms with Gasteiger partial charge >= 0.3 is 5.97 Å². The fraction of sp³-hybridized carbons (Fsp3) is 0.333. The lowest BCUT2D eigenvalue weighted by atomic mass is 9.90. The van der Waals surface area contributed by atoms with E-state index in [9.17, 15) is 9.59 Å². The Balaban J connectivity index is 2.17. The van der Waals surface area contributed by atoms with Gasteiger partial charge in [0, 0.05) is 16.3 Å². The van der Waals surface area contributed by atoms with Gasteiger partial charge in [0.15, 0.2) is 0 Å². The number of hydrogen-bond acceptors (Lipinski definition) is 2. The van der Waals surface area contributed by atoms with Crippen molar-refractivity contribution in [2.75, 3.05) is 0 Å². The van der Waals surface area contributed by atoms with Gasteiger partial charge < -0.3 is 5.11 Å². The third kappa shape index (κ3) is 2.16. The fourth-order valence-electron chi connectivity index (χ4n) is 1.90. The second kappa shape index (κ2) is 4.01. The van der Waals surface area contributed by atoms with E-state index < -0.39 is 11.8 Å². The van der Waals surface area contributed by atoms with Crippen LogP contribution in [0.3, 0.4) is 0 Å². The van der Waals surface area contributed by atoms with Gasteiger partial charge in [0.25, 0.3) is 0 Å². The third-order valence-electron chi connectivity index (χ3n) is 3.05. The molecule has 84 valence electrons. The van der Waals surface area contributed by atoms with E-state index in [0.717, 1.165) is 22.9 Å². The number of carbonyl (C=O) groups is 2. The number of aliphatic carboxylic acids is 1. The zero-order valence-electron chi connectivity index (χ0n) is 8.57. The summed E-state index contributed by atoms with van der Waals surface area (Å²) in [6.07, 6.45) is 1.91. The number of rotatable bonds is 4. The summed E-state index contributed by atoms with van der Waals surface area (Å²) in [5, 5.41) is 8.61. The van der Waals surface area contributed by atoms with E-state index in [1.165, 1.54) is 0 Å². The molecule has 4 heteroatoms. The first kappa shape index (κ1) is 11.3. The van der Waals surface area contributed by atoms with Crippen LogP contribution in [0.4, 0.5) is 0 Å². The number of carboxylic acid groups (broad SMARTS) is 1. The van der Waals surface area contributed by atoms with Crippen LogP contribution in [-0.2, 0) is 15.0 Å². The molecule has 1 aromatic carbocycles. The normalized spacial score (nSPS) is 16.8. The maximum atomic E-state index is 11.2. The Hall–Kier alpha value is -1.16. The molecular formula is C12H11BrO3. The molecule has 0 saturated heterocycles. The van der Waals surface area contributed by atoms with Crippen LogP contribution in [0.15, 0.2) is 28.7 Å². The lowest BCUT2D eigenvalue weighted by Gasteiger charge is -2.13. The van der Waals surface area contributed by atoms with Gasteiger partial charge in [-0.2, -0.15) is 0 Å². The summed E-state index contributed by atoms with van der Waals surface area (Å²) < 4.78 is 0.983. The van der Waals surface area contributed by atoms with Crippen molar-refractivity contribution >= 4 is 27.7 Å². The Labute approximate surface area is 102 Å². The molecule has 1 aliphatic rings. The molecule has 3 nitrogen and oxygen atoms in total. The monoisotopic (exact) mass is 282 g/mol. The Kier molecular flexibility index (Phi) is 2.84. The Morgan fingerprint density at radius 3 is 2.25 bits per heavy atom. The van der Waals surface area contributed by atoms with Gasteiger partial charge in [-0.05, 0) is 30.5 Å². The predicted octanol–water partition coefficient (Wildman–Crippen LogP) is 2.52. The number of halogens is 1. The van der Waals surface area contributed by atoms with Crippen molar-refractivity contribution < 1.29 is 14.7 Å². The van der Waals surface area contributed by atoms with Crippen molar-refractivity contribution in [3.05, 3.63) is 34.3 Å². The van der Waals surface area contributed by atoms with Crippen LogP contribution in [-0.4, -0.2) is 16.9 Å². The average Bonchev–Trinajstić information content (AvgIpc) is 2.99. The molecule has 0 radical (unpaired) electrons. The maximum absolute atomic E-state index is 11.2. The molecule has 2 rings (SSSR count). The molecule has 0 aliphatic heterocycles. The smallest absolute Gasteiger partial charge is 0.372 e. The number of ketones is 1. The first-order valence-corrected chi connectivity index (χ1v) is 5.85. The predicted molar refractivity (Wildman–Crippen MR) is 62.3 cm³/mol. The topological polar surface area (TPSA) is 54.4 Å². The minimum absolute atomic E-state index is 0.115. The van der Waals surface area contributed by atoms with Crippen LogP contribution in [0.5, 0.6) is 0 Å². The summed E-state index contributed by atoms with van der Waals surface area (Å²) in [7, 11) is 0. The number of carbonyl (C=O) groups excluding carboxylic acids is 1. The highest BCUT2D eigenvalue weighted by atomic mass is 79.9. The molecule has 1 aromatic rings. The maximum Gasteiger partial charge on any atom is 0.372 e. The van der Waals surface area contributed by atoms with Crippen LogP contribution in [0.25, 0.3) is 0 Å². The molecule has 0 spiro atoms. The Bertz CT molecular complexity index is 432. The SMILES string of the molecule is O=C(O)C(=O)CC1(c2ccc(Br)cc2)CC1. The Morgan fingerprint density at radius 2 is 1.81 bits per heavy atom. The molecular weight excluding hydrogens is 272 g/mol. The van der Waals surface area contributed by atoms with E-state index in [2.05, 4.69) is 15.9 Å². The van der Waals surface area contributed by atoms with E-state index >= 15 is 0 Å². The van der Waals surface area contributed by atoms with Crippen molar-refractivity contribution in [3.8, 4) is 0 Å². The standard InChI is InChI=1S/C12H11BrO3/c13-9-3-1-8(2-4-9)12(5-6-12)7-10(14)11(15)16/h1-4H,5-7H2,(H,15,16). The summed E-state index contributed by atoms with van der Waals surface area (Å²) in [6, 6.07) is 7.74. The minimum Gasteiger partial charge on any atom is -0.476 e. The summed E-state index contributed by atoms with van der Waals surface area (Å²) >= 11 is 3.35. The molecule has 1 saturated carbocycles. The van der Waals surface area contributed by atoms with E-state index in [1.807, 2.05) is 24.3 Å². The molecule has 0 atom stereocenters. The van der Waals surface area contributed by atoms with Gasteiger partial charge in [0.05, 0.1) is 0 Å². The highest BCUT2D eigenvalue weighted by molar-refractivity contribution is 9.10. The van der Waals surface area contributed by atoms with Crippen molar-refractivity contribution in [2.45, 2.75) is 24.7 Å². The van der Waals surface area contributed by atoms with Gasteiger partial charge in [-0.15, -0.1) is 0 Å². The van der Waals surface area contributed by atoms with E-state index in [4.69, 9.17) is 5.11 Å². The van der Waals surface area contributed by atoms with E-state index in [0.29, 0.717) is 0 Å². The Morgan fingerprint density at radius 1 is 1.25 bits per heavy atom. The van der Waals surface area contributed by atoms with Gasteiger partial charge in [0.1, 0.15) is 0 Å². The minimum atomic E-state index is -1.33. The first-order chi connectivity index (χ1) is 7.53. The lowest BCUT2D eigenvalue weighted by molar-refractivity contribution is -0.149. The van der Waals surface area contributed by atoms with Gasteiger partial charge in [-0.25, -0.2) is 4.79 Å². The van der Waals surface area contributed by atoms with Crippen molar-refractivity contribution in [1.82, 2.24) is 0 Å². The third-order valence-corrected chi connectivity index (χ3v) is 3.58. The highest BCUT2D eigenvalue weighted by Crippen LogP contribution is 2.51. The van der Waals surface area contributed by atoms with Crippen LogP contribution in [0.2, 0.25) is 0 Å². The van der Waals surface area contributed by atoms with Crippen LogP contribution in [0.1, 0.15) is 24.8 Å². The molecule has 1 aliphatic carbocycles. The van der Waals surface area contributed by atoms with Crippen LogP contribution < -0.4 is 0 Å². The number of carboxylic acids is 1. The summed E-state index contributed by atoms with van der Waals surface area (Å²) in [5.41, 5.74) is 0.848. The largest absolute Gasteiger partial charge is 0.476 e. The number of benzene rings is 1. The molecule has 0 unspecified atom stereocenters. The molecule has 0 aromatic heterocycles. The second-order valence-corrected chi connectivity index (χ2v) is 5.11. The van der Waals surface area contributed by atoms with Crippen molar-refractivity contribution in [1.29, 1.82) is 0 Å². The number of Topliss-reactive ketones (excluding diaryl/α,β-unsaturated/α-hetero) is 1. The molecule has 0 amide bonds. The average molecular weight is 283 g/mol. The first-order valence-electron chi connectivity index (χ1n) is 5.06. The molecule has 0 heterocycles. The van der Waals surface area contributed by atoms with E-state index in [1.54, 1.807) is 0 Å². The van der Waals surface area contributed by atoms with Crippen LogP contribution in [0, 0.1) is 0 Å². The zero-order chi connectivity index (χ0) is 11.8. The van der Waals surface area contributed by atoms with Crippen molar-refractivity contribution in [2.24, 2.45) is 0 Å². The molecule has 1 fully saturated rings. The van der Waals surface area contributed by atoms with Gasteiger partial charge in [-0.1, -0.05) is 28.1 Å². The van der Waals surface area contributed by atoms with E-state index in [-0.39, 0.29) is 11.8 Å². The summed E-state index contributed by atoms with van der Waals surface area (Å²) in [4.78, 5) is 21.8. The second-order valence-electron chi connectivity index (χ2n) is 4.19. The molecule has 1 N–H and O–H groups in total. The van der Waals surface area contributed by atoms with Crippen LogP contribution >= 0.6 is 15.9 Å².